The third-order valence-corrected chi connectivity index (χ3v) is 9.40. The molecule has 1 unspecified atom stereocenters. The minimum absolute atomic E-state index is 0.0686. The zero-order valence-corrected chi connectivity index (χ0v) is 23.2. The number of aliphatic carboxylic acids is 1. The van der Waals surface area contributed by atoms with E-state index in [1.165, 1.54) is 0 Å². The van der Waals surface area contributed by atoms with Crippen molar-refractivity contribution in [2.24, 2.45) is 11.3 Å². The fourth-order valence-corrected chi connectivity index (χ4v) is 6.49. The van der Waals surface area contributed by atoms with Crippen LogP contribution in [0.15, 0.2) is 48.5 Å². The molecule has 37 heavy (non-hydrogen) atoms. The van der Waals surface area contributed by atoms with Crippen molar-refractivity contribution in [3.63, 3.8) is 0 Å². The van der Waals surface area contributed by atoms with E-state index in [0.29, 0.717) is 16.5 Å². The van der Waals surface area contributed by atoms with Crippen molar-refractivity contribution in [1.29, 1.82) is 0 Å². The van der Waals surface area contributed by atoms with Gasteiger partial charge in [-0.25, -0.2) is 13.1 Å². The molecule has 0 bridgehead atoms. The number of nitrogens with zero attached hydrogens (tertiary/aromatic N) is 1. The average molecular weight is 568 g/mol. The van der Waals surface area contributed by atoms with Crippen molar-refractivity contribution in [3.8, 4) is 0 Å². The van der Waals surface area contributed by atoms with Crippen LogP contribution in [-0.4, -0.2) is 48.6 Å². The van der Waals surface area contributed by atoms with Gasteiger partial charge in [0.15, 0.2) is 0 Å². The number of hydrogen-bond acceptors (Lipinski definition) is 4. The molecule has 7 nitrogen and oxygen atoms in total. The topological polar surface area (TPSA) is 104 Å². The van der Waals surface area contributed by atoms with Crippen molar-refractivity contribution in [1.82, 2.24) is 9.62 Å². The summed E-state index contributed by atoms with van der Waals surface area (Å²) in [6.07, 6.45) is 1.71. The number of carboxylic acid groups (broad SMARTS) is 1. The van der Waals surface area contributed by atoms with Crippen LogP contribution in [0.2, 0.25) is 10.0 Å². The molecule has 4 atom stereocenters. The first-order valence-corrected chi connectivity index (χ1v) is 14.9. The van der Waals surface area contributed by atoms with Crippen LogP contribution < -0.4 is 4.72 Å². The van der Waals surface area contributed by atoms with E-state index in [0.717, 1.165) is 24.0 Å². The quantitative estimate of drug-likeness (QED) is 0.408. The molecule has 1 heterocycles. The first-order chi connectivity index (χ1) is 17.4. The average Bonchev–Trinajstić information content (AvgIpc) is 3.67. The van der Waals surface area contributed by atoms with Crippen LogP contribution in [0.5, 0.6) is 0 Å². The highest BCUT2D eigenvalue weighted by Gasteiger charge is 2.54. The maximum Gasteiger partial charge on any atom is 0.304 e. The molecule has 1 saturated carbocycles. The van der Waals surface area contributed by atoms with Crippen LogP contribution in [-0.2, 0) is 19.6 Å². The molecule has 2 aromatic carbocycles. The highest BCUT2D eigenvalue weighted by atomic mass is 35.5. The molecule has 2 aromatic rings. The number of hydrogen-bond donors (Lipinski definition) is 2. The number of likely N-dealkylation sites (tertiary alicyclic amines) is 1. The summed E-state index contributed by atoms with van der Waals surface area (Å²) >= 11 is 12.6. The zero-order valence-electron chi connectivity index (χ0n) is 20.9. The number of piperidine rings is 1. The Balaban J connectivity index is 1.88. The third-order valence-electron chi connectivity index (χ3n) is 7.55. The lowest BCUT2D eigenvalue weighted by atomic mass is 9.67. The molecule has 2 fully saturated rings. The van der Waals surface area contributed by atoms with Gasteiger partial charge in [0.1, 0.15) is 0 Å². The molecule has 4 rings (SSSR count). The van der Waals surface area contributed by atoms with E-state index in [9.17, 15) is 23.1 Å². The van der Waals surface area contributed by atoms with E-state index in [2.05, 4.69) is 4.72 Å². The number of carboxylic acids is 1. The molecule has 1 aliphatic heterocycles. The predicted octanol–water partition coefficient (Wildman–Crippen LogP) is 5.25. The molecule has 200 valence electrons. The van der Waals surface area contributed by atoms with Gasteiger partial charge in [-0.3, -0.25) is 9.59 Å². The van der Waals surface area contributed by atoms with Gasteiger partial charge in [-0.15, -0.1) is 0 Å². The Kier molecular flexibility index (Phi) is 8.24. The summed E-state index contributed by atoms with van der Waals surface area (Å²) in [5, 5.41) is 10.9. The first-order valence-electron chi connectivity index (χ1n) is 12.5. The van der Waals surface area contributed by atoms with Crippen LogP contribution in [0.1, 0.15) is 62.6 Å². The standard InChI is InChI=1S/C27H32Cl2N2O5S/c1-3-37(35,36)30-16-23(17-7-8-17)31-25(18-9-11-20(28)12-10-18)22(19-5-4-6-21(29)13-19)14-27(2,26(31)34)15-24(32)33/h4-6,9-13,17,22-23,25,30H,3,7-8,14-16H2,1-2H3,(H,32,33)/t22-,23?,25-,27-/m1/s1. The highest BCUT2D eigenvalue weighted by Crippen LogP contribution is 2.53. The molecular weight excluding hydrogens is 535 g/mol. The minimum atomic E-state index is -3.50. The second kappa shape index (κ2) is 10.9. The maximum atomic E-state index is 14.3. The lowest BCUT2D eigenvalue weighted by Crippen LogP contribution is -2.59. The number of rotatable bonds is 10. The van der Waals surface area contributed by atoms with Gasteiger partial charge >= 0.3 is 5.97 Å². The van der Waals surface area contributed by atoms with Gasteiger partial charge in [0, 0.05) is 28.5 Å². The van der Waals surface area contributed by atoms with Gasteiger partial charge in [-0.05, 0) is 67.5 Å². The number of sulfonamides is 1. The molecule has 0 spiro atoms. The monoisotopic (exact) mass is 566 g/mol. The van der Waals surface area contributed by atoms with E-state index in [1.54, 1.807) is 36.9 Å². The number of halogens is 2. The van der Waals surface area contributed by atoms with Crippen LogP contribution in [0.3, 0.4) is 0 Å². The van der Waals surface area contributed by atoms with Gasteiger partial charge in [0.05, 0.1) is 23.6 Å². The Morgan fingerprint density at radius 1 is 1.14 bits per heavy atom. The van der Waals surface area contributed by atoms with Gasteiger partial charge in [-0.1, -0.05) is 54.4 Å². The molecule has 2 aliphatic rings. The Morgan fingerprint density at radius 2 is 1.81 bits per heavy atom. The molecular formula is C27H32Cl2N2O5S. The second-order valence-corrected chi connectivity index (χ2v) is 13.3. The molecule has 1 aliphatic carbocycles. The number of carbonyl (C=O) groups excluding carboxylic acids is 1. The fourth-order valence-electron chi connectivity index (χ4n) is 5.53. The molecule has 0 aromatic heterocycles. The number of carbonyl (C=O) groups is 2. The Morgan fingerprint density at radius 3 is 2.38 bits per heavy atom. The smallest absolute Gasteiger partial charge is 0.304 e. The summed E-state index contributed by atoms with van der Waals surface area (Å²) in [7, 11) is -3.50. The van der Waals surface area contributed by atoms with E-state index in [-0.39, 0.29) is 36.5 Å². The largest absolute Gasteiger partial charge is 0.481 e. The molecule has 10 heteroatoms. The molecule has 1 saturated heterocycles. The Bertz CT molecular complexity index is 1270. The summed E-state index contributed by atoms with van der Waals surface area (Å²) in [5.74, 6) is -1.56. The van der Waals surface area contributed by atoms with Crippen molar-refractivity contribution in [3.05, 3.63) is 69.7 Å². The summed E-state index contributed by atoms with van der Waals surface area (Å²) in [4.78, 5) is 28.0. The maximum absolute atomic E-state index is 14.3. The van der Waals surface area contributed by atoms with Crippen LogP contribution in [0.4, 0.5) is 0 Å². The van der Waals surface area contributed by atoms with E-state index >= 15 is 0 Å². The van der Waals surface area contributed by atoms with E-state index in [1.807, 2.05) is 30.3 Å². The van der Waals surface area contributed by atoms with Gasteiger partial charge in [0.2, 0.25) is 15.9 Å². The second-order valence-electron chi connectivity index (χ2n) is 10.4. The van der Waals surface area contributed by atoms with E-state index < -0.39 is 33.5 Å². The van der Waals surface area contributed by atoms with Crippen LogP contribution in [0.25, 0.3) is 0 Å². The predicted molar refractivity (Wildman–Crippen MR) is 144 cm³/mol. The van der Waals surface area contributed by atoms with Gasteiger partial charge < -0.3 is 10.0 Å². The summed E-state index contributed by atoms with van der Waals surface area (Å²) in [6.45, 7) is 3.34. The Hall–Kier alpha value is -2.13. The Labute approximate surface area is 228 Å². The summed E-state index contributed by atoms with van der Waals surface area (Å²) in [6, 6.07) is 13.8. The molecule has 0 radical (unpaired) electrons. The number of nitrogens with one attached hydrogen (secondary N) is 1. The first kappa shape index (κ1) is 27.9. The van der Waals surface area contributed by atoms with Crippen molar-refractivity contribution < 1.29 is 23.1 Å². The molecule has 1 amide bonds. The minimum Gasteiger partial charge on any atom is -0.481 e. The number of benzene rings is 2. The zero-order chi connectivity index (χ0) is 27.0. The lowest BCUT2D eigenvalue weighted by Gasteiger charge is -2.52. The SMILES string of the molecule is CCS(=O)(=O)NCC(C1CC1)N1C(=O)[C@@](C)(CC(=O)O)C[C@H](c2cccc(Cl)c2)[C@H]1c1ccc(Cl)cc1. The highest BCUT2D eigenvalue weighted by molar-refractivity contribution is 7.89. The van der Waals surface area contributed by atoms with E-state index in [4.69, 9.17) is 23.2 Å². The van der Waals surface area contributed by atoms with Crippen LogP contribution in [0, 0.1) is 11.3 Å². The third kappa shape index (κ3) is 6.30. The summed E-state index contributed by atoms with van der Waals surface area (Å²) in [5.41, 5.74) is 0.563. The van der Waals surface area contributed by atoms with Crippen LogP contribution >= 0.6 is 23.2 Å². The molecule has 2 N–H and O–H groups in total. The normalized spacial score (nSPS) is 25.2. The summed E-state index contributed by atoms with van der Waals surface area (Å²) < 4.78 is 27.4. The van der Waals surface area contributed by atoms with Crippen molar-refractivity contribution in [2.75, 3.05) is 12.3 Å². The van der Waals surface area contributed by atoms with Crippen molar-refractivity contribution in [2.45, 2.75) is 57.5 Å². The number of amides is 1. The van der Waals surface area contributed by atoms with Gasteiger partial charge in [-0.2, -0.15) is 0 Å². The van der Waals surface area contributed by atoms with Crippen molar-refractivity contribution >= 4 is 45.1 Å². The fraction of sp³-hybridized carbons (Fsp3) is 0.481. The van der Waals surface area contributed by atoms with Gasteiger partial charge in [0.25, 0.3) is 0 Å². The lowest BCUT2D eigenvalue weighted by molar-refractivity contribution is -0.161.